The molecule has 0 bridgehead atoms. The van der Waals surface area contributed by atoms with Crippen molar-refractivity contribution >= 4 is 23.1 Å². The molecule has 1 amide bonds. The minimum absolute atomic E-state index is 0.111. The number of nitrogens with one attached hydrogen (secondary N) is 3. The maximum atomic E-state index is 13.6. The Labute approximate surface area is 168 Å². The van der Waals surface area contributed by atoms with Gasteiger partial charge < -0.3 is 21.7 Å². The summed E-state index contributed by atoms with van der Waals surface area (Å²) < 4.78 is 1.75. The summed E-state index contributed by atoms with van der Waals surface area (Å²) >= 11 is 0. The Hall–Kier alpha value is -2.87. The Morgan fingerprint density at radius 3 is 2.83 bits per heavy atom. The Balaban J connectivity index is 1.63. The van der Waals surface area contributed by atoms with Crippen LogP contribution in [0.25, 0.3) is 0 Å². The molecule has 2 aromatic heterocycles. The van der Waals surface area contributed by atoms with Crippen LogP contribution in [0.1, 0.15) is 59.3 Å². The van der Waals surface area contributed by atoms with Crippen LogP contribution in [0, 0.1) is 6.92 Å². The van der Waals surface area contributed by atoms with Crippen molar-refractivity contribution in [1.82, 2.24) is 14.9 Å². The summed E-state index contributed by atoms with van der Waals surface area (Å²) in [5.41, 5.74) is 9.63. The third kappa shape index (κ3) is 2.66. The average molecular weight is 394 g/mol. The SMILES string of the molecule is Cc1c2c(c(=O)n3c1C(=O)NC31CCCCC1)Nc1cc(NCCN)ncc1C2. The minimum Gasteiger partial charge on any atom is -0.369 e. The maximum Gasteiger partial charge on any atom is 0.277 e. The molecule has 4 heterocycles. The van der Waals surface area contributed by atoms with Gasteiger partial charge in [-0.05, 0) is 49.3 Å². The van der Waals surface area contributed by atoms with Crippen LogP contribution in [-0.4, -0.2) is 28.5 Å². The van der Waals surface area contributed by atoms with E-state index in [0.717, 1.165) is 60.3 Å². The number of hydrogen-bond donors (Lipinski definition) is 4. The molecule has 1 spiro atoms. The monoisotopic (exact) mass is 394 g/mol. The number of rotatable bonds is 3. The van der Waals surface area contributed by atoms with Gasteiger partial charge in [0.15, 0.2) is 0 Å². The van der Waals surface area contributed by atoms with Crippen molar-refractivity contribution in [2.24, 2.45) is 5.73 Å². The molecule has 1 saturated carbocycles. The molecule has 1 fully saturated rings. The number of anilines is 3. The maximum absolute atomic E-state index is 13.6. The highest BCUT2D eigenvalue weighted by Gasteiger charge is 2.46. The number of amides is 1. The van der Waals surface area contributed by atoms with E-state index in [-0.39, 0.29) is 11.5 Å². The number of carbonyl (C=O) groups excluding carboxylic acids is 1. The molecule has 5 N–H and O–H groups in total. The van der Waals surface area contributed by atoms with E-state index in [1.165, 1.54) is 0 Å². The summed E-state index contributed by atoms with van der Waals surface area (Å²) in [4.78, 5) is 30.9. The van der Waals surface area contributed by atoms with Crippen LogP contribution in [0.2, 0.25) is 0 Å². The van der Waals surface area contributed by atoms with E-state index in [0.29, 0.717) is 30.9 Å². The highest BCUT2D eigenvalue weighted by atomic mass is 16.2. The molecule has 29 heavy (non-hydrogen) atoms. The molecule has 152 valence electrons. The summed E-state index contributed by atoms with van der Waals surface area (Å²) in [5.74, 6) is 0.596. The zero-order chi connectivity index (χ0) is 20.2. The number of carbonyl (C=O) groups is 1. The lowest BCUT2D eigenvalue weighted by atomic mass is 9.88. The fourth-order valence-electron chi connectivity index (χ4n) is 5.05. The fourth-order valence-corrected chi connectivity index (χ4v) is 5.05. The highest BCUT2D eigenvalue weighted by molar-refractivity contribution is 5.98. The minimum atomic E-state index is -0.574. The normalized spacial score (nSPS) is 18.5. The van der Waals surface area contributed by atoms with Gasteiger partial charge in [-0.1, -0.05) is 6.42 Å². The number of pyridine rings is 2. The van der Waals surface area contributed by atoms with E-state index < -0.39 is 5.66 Å². The van der Waals surface area contributed by atoms with Crippen molar-refractivity contribution < 1.29 is 4.79 Å². The van der Waals surface area contributed by atoms with Gasteiger partial charge in [0, 0.05) is 37.5 Å². The predicted molar refractivity (Wildman–Crippen MR) is 112 cm³/mol. The molecule has 0 unspecified atom stereocenters. The van der Waals surface area contributed by atoms with Crippen LogP contribution in [0.5, 0.6) is 0 Å². The van der Waals surface area contributed by atoms with Crippen LogP contribution in [0.3, 0.4) is 0 Å². The van der Waals surface area contributed by atoms with Crippen molar-refractivity contribution in [3.63, 3.8) is 0 Å². The largest absolute Gasteiger partial charge is 0.369 e. The van der Waals surface area contributed by atoms with E-state index in [1.54, 1.807) is 4.57 Å². The Bertz CT molecular complexity index is 1070. The van der Waals surface area contributed by atoms with Gasteiger partial charge in [0.1, 0.15) is 22.9 Å². The van der Waals surface area contributed by atoms with Crippen molar-refractivity contribution in [2.45, 2.75) is 51.1 Å². The fraction of sp³-hybridized carbons (Fsp3) is 0.476. The number of nitrogens with zero attached hydrogens (tertiary/aromatic N) is 2. The van der Waals surface area contributed by atoms with Crippen LogP contribution in [-0.2, 0) is 12.1 Å². The van der Waals surface area contributed by atoms with Crippen LogP contribution < -0.4 is 27.2 Å². The standard InChI is InChI=1S/C21H26N6O2/c1-12-14-9-13-11-24-16(23-8-7-22)10-15(13)25-17(14)20(29)27-18(12)19(28)26-21(27)5-3-2-4-6-21/h10-11,25H,2-9,22H2,1H3,(H,23,24)(H,26,28). The first kappa shape index (κ1) is 18.2. The number of nitrogens with two attached hydrogens (primary N) is 1. The molecule has 0 radical (unpaired) electrons. The quantitative estimate of drug-likeness (QED) is 0.540. The van der Waals surface area contributed by atoms with Gasteiger partial charge in [0.25, 0.3) is 11.5 Å². The zero-order valence-corrected chi connectivity index (χ0v) is 16.6. The first-order chi connectivity index (χ1) is 14.0. The molecule has 8 heteroatoms. The lowest BCUT2D eigenvalue weighted by molar-refractivity contribution is 0.0876. The predicted octanol–water partition coefficient (Wildman–Crippen LogP) is 1.93. The molecule has 0 atom stereocenters. The Morgan fingerprint density at radius 1 is 1.28 bits per heavy atom. The van der Waals surface area contributed by atoms with Gasteiger partial charge in [-0.25, -0.2) is 4.98 Å². The van der Waals surface area contributed by atoms with E-state index in [4.69, 9.17) is 5.73 Å². The van der Waals surface area contributed by atoms with E-state index >= 15 is 0 Å². The van der Waals surface area contributed by atoms with Gasteiger partial charge in [0.05, 0.1) is 0 Å². The first-order valence-corrected chi connectivity index (χ1v) is 10.4. The second kappa shape index (κ2) is 6.59. The zero-order valence-electron chi connectivity index (χ0n) is 16.6. The molecule has 2 aromatic rings. The molecule has 0 saturated heterocycles. The van der Waals surface area contributed by atoms with Crippen molar-refractivity contribution in [2.75, 3.05) is 23.7 Å². The van der Waals surface area contributed by atoms with Gasteiger partial charge in [0.2, 0.25) is 0 Å². The molecular weight excluding hydrogens is 368 g/mol. The van der Waals surface area contributed by atoms with Gasteiger partial charge in [-0.2, -0.15) is 0 Å². The molecule has 1 aliphatic carbocycles. The number of aromatic nitrogens is 2. The summed E-state index contributed by atoms with van der Waals surface area (Å²) in [6, 6.07) is 1.92. The van der Waals surface area contributed by atoms with Crippen LogP contribution in [0.15, 0.2) is 17.1 Å². The number of fused-ring (bicyclic) bond motifs is 4. The third-order valence-corrected chi connectivity index (χ3v) is 6.48. The number of hydrogen-bond acceptors (Lipinski definition) is 6. The molecule has 3 aliphatic rings. The second-order valence-electron chi connectivity index (χ2n) is 8.26. The lowest BCUT2D eigenvalue weighted by Crippen LogP contribution is -2.49. The molecule has 2 aliphatic heterocycles. The van der Waals surface area contributed by atoms with Gasteiger partial charge in [-0.3, -0.25) is 14.2 Å². The third-order valence-electron chi connectivity index (χ3n) is 6.48. The van der Waals surface area contributed by atoms with Crippen LogP contribution >= 0.6 is 0 Å². The second-order valence-corrected chi connectivity index (χ2v) is 8.26. The lowest BCUT2D eigenvalue weighted by Gasteiger charge is -2.36. The molecule has 5 rings (SSSR count). The van der Waals surface area contributed by atoms with E-state index in [1.807, 2.05) is 19.2 Å². The van der Waals surface area contributed by atoms with Crippen molar-refractivity contribution in [1.29, 1.82) is 0 Å². The summed E-state index contributed by atoms with van der Waals surface area (Å²) in [6.07, 6.45) is 7.17. The molecular formula is C21H26N6O2. The Kier molecular flexibility index (Phi) is 4.13. The molecule has 0 aromatic carbocycles. The summed E-state index contributed by atoms with van der Waals surface area (Å²) in [5, 5.41) is 9.68. The topological polar surface area (TPSA) is 114 Å². The summed E-state index contributed by atoms with van der Waals surface area (Å²) in [7, 11) is 0. The summed E-state index contributed by atoms with van der Waals surface area (Å²) in [6.45, 7) is 3.10. The van der Waals surface area contributed by atoms with Gasteiger partial charge >= 0.3 is 0 Å². The van der Waals surface area contributed by atoms with Crippen molar-refractivity contribution in [3.05, 3.63) is 45.0 Å². The van der Waals surface area contributed by atoms with Gasteiger partial charge in [-0.15, -0.1) is 0 Å². The van der Waals surface area contributed by atoms with Crippen LogP contribution in [0.4, 0.5) is 17.2 Å². The van der Waals surface area contributed by atoms with E-state index in [2.05, 4.69) is 20.9 Å². The smallest absolute Gasteiger partial charge is 0.277 e. The first-order valence-electron chi connectivity index (χ1n) is 10.4. The Morgan fingerprint density at radius 2 is 2.07 bits per heavy atom. The van der Waals surface area contributed by atoms with E-state index in [9.17, 15) is 9.59 Å². The van der Waals surface area contributed by atoms with Crippen molar-refractivity contribution in [3.8, 4) is 0 Å². The molecule has 8 nitrogen and oxygen atoms in total. The highest BCUT2D eigenvalue weighted by Crippen LogP contribution is 2.41. The average Bonchev–Trinajstić information content (AvgIpc) is 3.01.